The van der Waals surface area contributed by atoms with Crippen LogP contribution in [0.1, 0.15) is 20.8 Å². The van der Waals surface area contributed by atoms with Gasteiger partial charge in [-0.3, -0.25) is 9.59 Å². The van der Waals surface area contributed by atoms with Crippen molar-refractivity contribution in [2.45, 2.75) is 32.9 Å². The van der Waals surface area contributed by atoms with E-state index in [4.69, 9.17) is 4.74 Å². The van der Waals surface area contributed by atoms with E-state index in [1.54, 1.807) is 12.0 Å². The second-order valence-corrected chi connectivity index (χ2v) is 4.51. The van der Waals surface area contributed by atoms with E-state index in [9.17, 15) is 9.59 Å². The van der Waals surface area contributed by atoms with Gasteiger partial charge in [0.05, 0.1) is 19.2 Å². The molecule has 0 aromatic heterocycles. The smallest absolute Gasteiger partial charge is 0.243 e. The minimum absolute atomic E-state index is 0.0390. The first-order chi connectivity index (χ1) is 7.49. The standard InChI is InChI=1S/C11H20N2O3/c1-7(2)10-11(15)12-5-9(14)13(10)8(3)6-16-4/h7-8,10H,5-6H2,1-4H3,(H,12,15). The van der Waals surface area contributed by atoms with E-state index < -0.39 is 0 Å². The van der Waals surface area contributed by atoms with E-state index in [0.29, 0.717) is 6.61 Å². The minimum Gasteiger partial charge on any atom is -0.383 e. The molecule has 92 valence electrons. The molecule has 5 heteroatoms. The van der Waals surface area contributed by atoms with E-state index in [2.05, 4.69) is 5.32 Å². The van der Waals surface area contributed by atoms with Crippen LogP contribution in [-0.2, 0) is 14.3 Å². The lowest BCUT2D eigenvalue weighted by Crippen LogP contribution is -2.63. The summed E-state index contributed by atoms with van der Waals surface area (Å²) >= 11 is 0. The molecule has 0 radical (unpaired) electrons. The van der Waals surface area contributed by atoms with Gasteiger partial charge in [-0.25, -0.2) is 0 Å². The third-order valence-corrected chi connectivity index (χ3v) is 2.78. The highest BCUT2D eigenvalue weighted by atomic mass is 16.5. The summed E-state index contributed by atoms with van der Waals surface area (Å²) < 4.78 is 5.04. The average molecular weight is 228 g/mol. The van der Waals surface area contributed by atoms with E-state index >= 15 is 0 Å². The third kappa shape index (κ3) is 2.52. The van der Waals surface area contributed by atoms with Crippen LogP contribution in [0.3, 0.4) is 0 Å². The fraction of sp³-hybridized carbons (Fsp3) is 0.818. The number of hydrogen-bond acceptors (Lipinski definition) is 3. The Morgan fingerprint density at radius 3 is 2.56 bits per heavy atom. The molecule has 1 fully saturated rings. The normalized spacial score (nSPS) is 23.6. The molecule has 16 heavy (non-hydrogen) atoms. The molecule has 0 aromatic rings. The Hall–Kier alpha value is -1.10. The van der Waals surface area contributed by atoms with Gasteiger partial charge in [-0.05, 0) is 12.8 Å². The maximum Gasteiger partial charge on any atom is 0.243 e. The molecular formula is C11H20N2O3. The summed E-state index contributed by atoms with van der Waals surface area (Å²) in [4.78, 5) is 25.2. The number of ether oxygens (including phenoxy) is 1. The predicted molar refractivity (Wildman–Crippen MR) is 59.8 cm³/mol. The van der Waals surface area contributed by atoms with Gasteiger partial charge < -0.3 is 15.0 Å². The Kier molecular flexibility index (Phi) is 4.29. The van der Waals surface area contributed by atoms with Crippen molar-refractivity contribution in [3.63, 3.8) is 0 Å². The van der Waals surface area contributed by atoms with Gasteiger partial charge in [-0.1, -0.05) is 13.8 Å². The summed E-state index contributed by atoms with van der Waals surface area (Å²) in [5, 5.41) is 2.62. The molecule has 5 nitrogen and oxygen atoms in total. The zero-order valence-corrected chi connectivity index (χ0v) is 10.3. The first-order valence-electron chi connectivity index (χ1n) is 5.56. The van der Waals surface area contributed by atoms with Crippen LogP contribution in [0, 0.1) is 5.92 Å². The highest BCUT2D eigenvalue weighted by Crippen LogP contribution is 2.18. The van der Waals surface area contributed by atoms with Crippen molar-refractivity contribution in [1.82, 2.24) is 10.2 Å². The monoisotopic (exact) mass is 228 g/mol. The van der Waals surface area contributed by atoms with E-state index in [1.807, 2.05) is 20.8 Å². The Morgan fingerprint density at radius 1 is 1.44 bits per heavy atom. The zero-order chi connectivity index (χ0) is 12.3. The molecule has 0 aromatic carbocycles. The number of methoxy groups -OCH3 is 1. The van der Waals surface area contributed by atoms with Crippen LogP contribution >= 0.6 is 0 Å². The van der Waals surface area contributed by atoms with Crippen molar-refractivity contribution in [3.8, 4) is 0 Å². The van der Waals surface area contributed by atoms with Gasteiger partial charge in [0.15, 0.2) is 0 Å². The summed E-state index contributed by atoms with van der Waals surface area (Å²) in [5.41, 5.74) is 0. The van der Waals surface area contributed by atoms with Gasteiger partial charge in [0.2, 0.25) is 11.8 Å². The summed E-state index contributed by atoms with van der Waals surface area (Å²) in [7, 11) is 1.59. The lowest BCUT2D eigenvalue weighted by molar-refractivity contribution is -0.151. The molecular weight excluding hydrogens is 208 g/mol. The highest BCUT2D eigenvalue weighted by molar-refractivity contribution is 5.95. The van der Waals surface area contributed by atoms with Crippen LogP contribution in [0.2, 0.25) is 0 Å². The van der Waals surface area contributed by atoms with Crippen molar-refractivity contribution < 1.29 is 14.3 Å². The average Bonchev–Trinajstić information content (AvgIpc) is 2.20. The molecule has 0 saturated carbocycles. The fourth-order valence-corrected chi connectivity index (χ4v) is 2.11. The molecule has 2 unspecified atom stereocenters. The number of rotatable bonds is 4. The largest absolute Gasteiger partial charge is 0.383 e. The number of nitrogens with one attached hydrogen (secondary N) is 1. The molecule has 1 rings (SSSR count). The van der Waals surface area contributed by atoms with Crippen molar-refractivity contribution in [2.75, 3.05) is 20.3 Å². The Labute approximate surface area is 96.1 Å². The van der Waals surface area contributed by atoms with Crippen molar-refractivity contribution in [2.24, 2.45) is 5.92 Å². The van der Waals surface area contributed by atoms with E-state index in [1.165, 1.54) is 0 Å². The molecule has 1 N–H and O–H groups in total. The highest BCUT2D eigenvalue weighted by Gasteiger charge is 2.38. The summed E-state index contributed by atoms with van der Waals surface area (Å²) in [6.07, 6.45) is 0. The number of hydrogen-bond donors (Lipinski definition) is 1. The Bertz CT molecular complexity index is 278. The molecule has 1 aliphatic heterocycles. The molecule has 0 spiro atoms. The third-order valence-electron chi connectivity index (χ3n) is 2.78. The maximum absolute atomic E-state index is 11.8. The molecule has 1 saturated heterocycles. The summed E-state index contributed by atoms with van der Waals surface area (Å²) in [5.74, 6) is -0.0102. The number of amides is 2. The lowest BCUT2D eigenvalue weighted by Gasteiger charge is -2.40. The number of nitrogens with zero attached hydrogens (tertiary/aromatic N) is 1. The molecule has 0 bridgehead atoms. The molecule has 2 amide bonds. The van der Waals surface area contributed by atoms with Crippen LogP contribution in [-0.4, -0.2) is 49.1 Å². The second-order valence-electron chi connectivity index (χ2n) is 4.51. The van der Waals surface area contributed by atoms with Gasteiger partial charge in [-0.2, -0.15) is 0 Å². The van der Waals surface area contributed by atoms with Crippen LogP contribution in [0.25, 0.3) is 0 Å². The second kappa shape index (κ2) is 5.30. The van der Waals surface area contributed by atoms with Crippen molar-refractivity contribution in [1.29, 1.82) is 0 Å². The maximum atomic E-state index is 11.8. The Morgan fingerprint density at radius 2 is 2.06 bits per heavy atom. The van der Waals surface area contributed by atoms with Crippen LogP contribution in [0.5, 0.6) is 0 Å². The first kappa shape index (κ1) is 13.0. The zero-order valence-electron chi connectivity index (χ0n) is 10.3. The van der Waals surface area contributed by atoms with Crippen molar-refractivity contribution in [3.05, 3.63) is 0 Å². The van der Waals surface area contributed by atoms with Gasteiger partial charge in [0.1, 0.15) is 6.04 Å². The van der Waals surface area contributed by atoms with E-state index in [-0.39, 0.29) is 36.4 Å². The topological polar surface area (TPSA) is 58.6 Å². The fourth-order valence-electron chi connectivity index (χ4n) is 2.11. The van der Waals surface area contributed by atoms with Gasteiger partial charge in [-0.15, -0.1) is 0 Å². The van der Waals surface area contributed by atoms with Gasteiger partial charge >= 0.3 is 0 Å². The van der Waals surface area contributed by atoms with E-state index in [0.717, 1.165) is 0 Å². The summed E-state index contributed by atoms with van der Waals surface area (Å²) in [6.45, 7) is 6.32. The predicted octanol–water partition coefficient (Wildman–Crippen LogP) is 0.00430. The molecule has 2 atom stereocenters. The van der Waals surface area contributed by atoms with Crippen LogP contribution in [0.4, 0.5) is 0 Å². The minimum atomic E-state index is -0.383. The molecule has 1 aliphatic rings. The van der Waals surface area contributed by atoms with Crippen LogP contribution in [0.15, 0.2) is 0 Å². The molecule has 1 heterocycles. The lowest BCUT2D eigenvalue weighted by atomic mass is 9.98. The van der Waals surface area contributed by atoms with Gasteiger partial charge in [0.25, 0.3) is 0 Å². The number of carbonyl (C=O) groups excluding carboxylic acids is 2. The number of piperazine rings is 1. The Balaban J connectivity index is 2.88. The van der Waals surface area contributed by atoms with Gasteiger partial charge in [0, 0.05) is 7.11 Å². The van der Waals surface area contributed by atoms with Crippen LogP contribution < -0.4 is 5.32 Å². The number of carbonyl (C=O) groups is 2. The quantitative estimate of drug-likeness (QED) is 0.737. The SMILES string of the molecule is COCC(C)N1C(=O)CNC(=O)C1C(C)C. The molecule has 0 aliphatic carbocycles. The van der Waals surface area contributed by atoms with Crippen molar-refractivity contribution >= 4 is 11.8 Å². The first-order valence-corrected chi connectivity index (χ1v) is 5.56. The summed E-state index contributed by atoms with van der Waals surface area (Å²) in [6, 6.07) is -0.456.